The molecule has 6 nitrogen and oxygen atoms in total. The number of hydrogen-bond acceptors (Lipinski definition) is 3. The zero-order valence-corrected chi connectivity index (χ0v) is 14.3. The molecule has 25 heavy (non-hydrogen) atoms. The van der Waals surface area contributed by atoms with Gasteiger partial charge in [-0.1, -0.05) is 18.2 Å². The van der Waals surface area contributed by atoms with Crippen molar-refractivity contribution in [1.82, 2.24) is 24.9 Å². The lowest BCUT2D eigenvalue weighted by Crippen LogP contribution is -2.25. The van der Waals surface area contributed by atoms with Crippen molar-refractivity contribution in [3.63, 3.8) is 0 Å². The van der Waals surface area contributed by atoms with Gasteiger partial charge in [0, 0.05) is 18.9 Å². The summed E-state index contributed by atoms with van der Waals surface area (Å²) in [6.07, 6.45) is 7.30. The highest BCUT2D eigenvalue weighted by Crippen LogP contribution is 2.24. The van der Waals surface area contributed by atoms with Crippen LogP contribution >= 0.6 is 0 Å². The van der Waals surface area contributed by atoms with Crippen LogP contribution in [0.5, 0.6) is 0 Å². The molecule has 1 amide bonds. The Morgan fingerprint density at radius 2 is 2.08 bits per heavy atom. The Morgan fingerprint density at radius 1 is 1.24 bits per heavy atom. The van der Waals surface area contributed by atoms with Crippen LogP contribution in [0.25, 0.3) is 5.69 Å². The van der Waals surface area contributed by atoms with Crippen molar-refractivity contribution < 1.29 is 4.79 Å². The van der Waals surface area contributed by atoms with Gasteiger partial charge in [0.2, 0.25) is 5.91 Å². The van der Waals surface area contributed by atoms with Gasteiger partial charge in [0.15, 0.2) is 0 Å². The molecule has 0 aliphatic heterocycles. The van der Waals surface area contributed by atoms with Crippen molar-refractivity contribution in [2.45, 2.75) is 32.2 Å². The van der Waals surface area contributed by atoms with Crippen LogP contribution in [0.4, 0.5) is 0 Å². The molecule has 4 rings (SSSR count). The molecule has 6 heteroatoms. The van der Waals surface area contributed by atoms with Crippen molar-refractivity contribution in [3.05, 3.63) is 65.2 Å². The fraction of sp³-hybridized carbons (Fsp3) is 0.316. The third-order valence-corrected chi connectivity index (χ3v) is 4.67. The Hall–Kier alpha value is -2.89. The molecule has 3 aromatic rings. The van der Waals surface area contributed by atoms with Crippen LogP contribution in [0.15, 0.2) is 42.7 Å². The minimum Gasteiger partial charge on any atom is -0.350 e. The monoisotopic (exact) mass is 335 g/mol. The first-order valence-electron chi connectivity index (χ1n) is 8.60. The predicted molar refractivity (Wildman–Crippen MR) is 94.3 cm³/mol. The van der Waals surface area contributed by atoms with Gasteiger partial charge in [-0.05, 0) is 42.5 Å². The minimum absolute atomic E-state index is 0.00925. The second-order valence-electron chi connectivity index (χ2n) is 6.43. The number of fused-ring (bicyclic) bond motifs is 1. The number of aromatic nitrogens is 4. The molecule has 0 fully saturated rings. The molecule has 0 saturated carbocycles. The van der Waals surface area contributed by atoms with Gasteiger partial charge in [-0.25, -0.2) is 4.68 Å². The van der Waals surface area contributed by atoms with Crippen molar-refractivity contribution in [2.24, 2.45) is 7.05 Å². The average molecular weight is 335 g/mol. The number of nitrogens with zero attached hydrogens (tertiary/aromatic N) is 4. The second kappa shape index (κ2) is 6.55. The van der Waals surface area contributed by atoms with Crippen molar-refractivity contribution >= 4 is 5.91 Å². The van der Waals surface area contributed by atoms with E-state index in [2.05, 4.69) is 15.5 Å². The summed E-state index contributed by atoms with van der Waals surface area (Å²) in [6, 6.07) is 9.87. The number of para-hydroxylation sites is 1. The van der Waals surface area contributed by atoms with Crippen molar-refractivity contribution in [2.75, 3.05) is 0 Å². The van der Waals surface area contributed by atoms with E-state index in [-0.39, 0.29) is 5.91 Å². The van der Waals surface area contributed by atoms with Crippen LogP contribution in [0.3, 0.4) is 0 Å². The largest absolute Gasteiger partial charge is 0.350 e. The number of carbonyl (C=O) groups excluding carboxylic acids is 1. The van der Waals surface area contributed by atoms with E-state index < -0.39 is 0 Å². The van der Waals surface area contributed by atoms with Gasteiger partial charge < -0.3 is 5.32 Å². The zero-order valence-electron chi connectivity index (χ0n) is 14.3. The molecule has 1 aliphatic carbocycles. The number of benzene rings is 1. The van der Waals surface area contributed by atoms with Gasteiger partial charge in [-0.2, -0.15) is 10.2 Å². The standard InChI is InChI=1S/C19H21N5O/c1-23-18-9-5-8-16(18)17(22-23)12-20-19(25)10-14-11-21-24(13-14)15-6-3-2-4-7-15/h2-4,6-7,11,13H,5,8-10,12H2,1H3,(H,20,25). The highest BCUT2D eigenvalue weighted by molar-refractivity contribution is 5.78. The van der Waals surface area contributed by atoms with E-state index in [1.165, 1.54) is 17.7 Å². The molecular weight excluding hydrogens is 314 g/mol. The van der Waals surface area contributed by atoms with Gasteiger partial charge in [-0.3, -0.25) is 9.48 Å². The third-order valence-electron chi connectivity index (χ3n) is 4.67. The van der Waals surface area contributed by atoms with E-state index in [0.717, 1.165) is 29.8 Å². The average Bonchev–Trinajstić information content (AvgIpc) is 3.33. The number of hydrogen-bond donors (Lipinski definition) is 1. The summed E-state index contributed by atoms with van der Waals surface area (Å²) in [5.41, 5.74) is 5.52. The summed E-state index contributed by atoms with van der Waals surface area (Å²) in [4.78, 5) is 12.3. The first kappa shape index (κ1) is 15.6. The van der Waals surface area contributed by atoms with E-state index in [4.69, 9.17) is 0 Å². The molecule has 0 unspecified atom stereocenters. The summed E-state index contributed by atoms with van der Waals surface area (Å²) in [5.74, 6) is -0.00925. The zero-order chi connectivity index (χ0) is 17.2. The molecule has 0 bridgehead atoms. The van der Waals surface area contributed by atoms with Crippen molar-refractivity contribution in [1.29, 1.82) is 0 Å². The Bertz CT molecular complexity index is 894. The van der Waals surface area contributed by atoms with Gasteiger partial charge in [0.05, 0.1) is 30.5 Å². The van der Waals surface area contributed by atoms with Crippen molar-refractivity contribution in [3.8, 4) is 5.69 Å². The third kappa shape index (κ3) is 3.20. The van der Waals surface area contributed by atoms with Crippen LogP contribution in [-0.4, -0.2) is 25.5 Å². The summed E-state index contributed by atoms with van der Waals surface area (Å²) in [7, 11) is 1.98. The highest BCUT2D eigenvalue weighted by atomic mass is 16.1. The lowest BCUT2D eigenvalue weighted by atomic mass is 10.2. The van der Waals surface area contributed by atoms with Crippen LogP contribution < -0.4 is 5.32 Å². The smallest absolute Gasteiger partial charge is 0.224 e. The molecular formula is C19H21N5O. The molecule has 2 aromatic heterocycles. The molecule has 0 radical (unpaired) electrons. The quantitative estimate of drug-likeness (QED) is 0.775. The maximum atomic E-state index is 12.3. The van der Waals surface area contributed by atoms with E-state index in [9.17, 15) is 4.79 Å². The topological polar surface area (TPSA) is 64.7 Å². The molecule has 1 N–H and O–H groups in total. The van der Waals surface area contributed by atoms with E-state index in [1.807, 2.05) is 48.3 Å². The highest BCUT2D eigenvalue weighted by Gasteiger charge is 2.20. The lowest BCUT2D eigenvalue weighted by molar-refractivity contribution is -0.120. The molecule has 0 spiro atoms. The SMILES string of the molecule is Cn1nc(CNC(=O)Cc2cnn(-c3ccccc3)c2)c2c1CCC2. The summed E-state index contributed by atoms with van der Waals surface area (Å²) < 4.78 is 3.74. The second-order valence-corrected chi connectivity index (χ2v) is 6.43. The van der Waals surface area contributed by atoms with Gasteiger partial charge >= 0.3 is 0 Å². The summed E-state index contributed by atoms with van der Waals surface area (Å²) in [5, 5.41) is 11.9. The molecule has 0 atom stereocenters. The molecule has 2 heterocycles. The first-order valence-corrected chi connectivity index (χ1v) is 8.60. The fourth-order valence-corrected chi connectivity index (χ4v) is 3.44. The van der Waals surface area contributed by atoms with Crippen LogP contribution in [0.2, 0.25) is 0 Å². The lowest BCUT2D eigenvalue weighted by Gasteiger charge is -2.03. The summed E-state index contributed by atoms with van der Waals surface area (Å²) in [6.45, 7) is 0.495. The van der Waals surface area contributed by atoms with E-state index >= 15 is 0 Å². The summed E-state index contributed by atoms with van der Waals surface area (Å²) >= 11 is 0. The number of amides is 1. The Kier molecular flexibility index (Phi) is 4.09. The number of aryl methyl sites for hydroxylation is 1. The first-order chi connectivity index (χ1) is 12.2. The Morgan fingerprint density at radius 3 is 2.92 bits per heavy atom. The van der Waals surface area contributed by atoms with Crippen LogP contribution in [0.1, 0.15) is 28.9 Å². The van der Waals surface area contributed by atoms with Crippen LogP contribution in [-0.2, 0) is 37.6 Å². The Labute approximate surface area is 146 Å². The number of carbonyl (C=O) groups is 1. The van der Waals surface area contributed by atoms with Gasteiger partial charge in [-0.15, -0.1) is 0 Å². The van der Waals surface area contributed by atoms with Gasteiger partial charge in [0.25, 0.3) is 0 Å². The normalized spacial score (nSPS) is 13.0. The number of rotatable bonds is 5. The molecule has 1 aromatic carbocycles. The predicted octanol–water partition coefficient (Wildman–Crippen LogP) is 1.95. The molecule has 0 saturated heterocycles. The van der Waals surface area contributed by atoms with E-state index in [0.29, 0.717) is 13.0 Å². The van der Waals surface area contributed by atoms with Gasteiger partial charge in [0.1, 0.15) is 0 Å². The number of nitrogens with one attached hydrogen (secondary N) is 1. The maximum absolute atomic E-state index is 12.3. The van der Waals surface area contributed by atoms with Crippen LogP contribution in [0, 0.1) is 0 Å². The molecule has 1 aliphatic rings. The fourth-order valence-electron chi connectivity index (χ4n) is 3.44. The minimum atomic E-state index is -0.00925. The van der Waals surface area contributed by atoms with E-state index in [1.54, 1.807) is 10.9 Å². The Balaban J connectivity index is 1.37. The maximum Gasteiger partial charge on any atom is 0.224 e. The molecule has 128 valence electrons.